The van der Waals surface area contributed by atoms with Crippen molar-refractivity contribution in [2.45, 2.75) is 0 Å². The zero-order valence-electron chi connectivity index (χ0n) is 30.4. The van der Waals surface area contributed by atoms with Crippen LogP contribution in [0, 0.1) is 0 Å². The van der Waals surface area contributed by atoms with Crippen molar-refractivity contribution in [3.63, 3.8) is 0 Å². The molecule has 0 saturated carbocycles. The third-order valence-electron chi connectivity index (χ3n) is 11.8. The van der Waals surface area contributed by atoms with Crippen LogP contribution in [0.25, 0.3) is 99.8 Å². The number of hydrogen-bond acceptors (Lipinski definition) is 2. The molecular weight excluding hydrogens is 679 g/mol. The van der Waals surface area contributed by atoms with E-state index in [1.807, 2.05) is 12.1 Å². The summed E-state index contributed by atoms with van der Waals surface area (Å²) in [5.41, 5.74) is 22.6. The van der Waals surface area contributed by atoms with E-state index in [0.29, 0.717) is 0 Å². The van der Waals surface area contributed by atoms with Crippen LogP contribution in [-0.4, -0.2) is 0 Å². The van der Waals surface area contributed by atoms with E-state index in [1.165, 1.54) is 77.9 Å². The Morgan fingerprint density at radius 1 is 0.304 bits per heavy atom. The molecule has 6 bridgehead atoms. The van der Waals surface area contributed by atoms with Crippen LogP contribution in [0.5, 0.6) is 0 Å². The molecule has 10 aromatic rings. The Hall–Kier alpha value is -7.42. The molecule has 2 aliphatic rings. The van der Waals surface area contributed by atoms with Crippen molar-refractivity contribution in [2.75, 3.05) is 4.90 Å². The summed E-state index contributed by atoms with van der Waals surface area (Å²) < 4.78 is 6.61. The van der Waals surface area contributed by atoms with Crippen molar-refractivity contribution in [3.05, 3.63) is 200 Å². The number of rotatable bonds is 5. The topological polar surface area (TPSA) is 16.4 Å². The van der Waals surface area contributed by atoms with Crippen LogP contribution in [0.2, 0.25) is 0 Å². The molecule has 0 aliphatic heterocycles. The Kier molecular flexibility index (Phi) is 6.66. The lowest BCUT2D eigenvalue weighted by Crippen LogP contribution is -2.10. The number of hydrogen-bond donors (Lipinski definition) is 0. The number of benzene rings is 9. The van der Waals surface area contributed by atoms with Crippen LogP contribution >= 0.6 is 0 Å². The second kappa shape index (κ2) is 12.0. The number of fused-ring (bicyclic) bond motifs is 7. The number of nitrogens with zero attached hydrogens (tertiary/aromatic N) is 1. The third kappa shape index (κ3) is 4.57. The maximum Gasteiger partial charge on any atom is 0.159 e. The minimum atomic E-state index is 0.871. The van der Waals surface area contributed by atoms with Crippen LogP contribution in [0.3, 0.4) is 0 Å². The summed E-state index contributed by atoms with van der Waals surface area (Å²) in [4.78, 5) is 2.32. The lowest BCUT2D eigenvalue weighted by atomic mass is 9.83. The lowest BCUT2D eigenvalue weighted by molar-refractivity contribution is 0.669. The summed E-state index contributed by atoms with van der Waals surface area (Å²) in [6, 6.07) is 72.7. The number of para-hydroxylation sites is 2. The quantitative estimate of drug-likeness (QED) is 0.177. The van der Waals surface area contributed by atoms with E-state index in [-0.39, 0.29) is 0 Å². The Morgan fingerprint density at radius 2 is 0.786 bits per heavy atom. The van der Waals surface area contributed by atoms with E-state index >= 15 is 0 Å². The third-order valence-corrected chi connectivity index (χ3v) is 11.8. The van der Waals surface area contributed by atoms with E-state index in [0.717, 1.165) is 39.0 Å². The van der Waals surface area contributed by atoms with Crippen molar-refractivity contribution in [3.8, 4) is 77.9 Å². The molecule has 0 saturated heterocycles. The fraction of sp³-hybridized carbons (Fsp3) is 0. The monoisotopic (exact) mass is 711 g/mol. The first-order valence-electron chi connectivity index (χ1n) is 19.3. The summed E-state index contributed by atoms with van der Waals surface area (Å²) in [6.07, 6.45) is 0. The van der Waals surface area contributed by atoms with Gasteiger partial charge in [0.15, 0.2) is 5.58 Å². The molecule has 0 unspecified atom stereocenters. The first kappa shape index (κ1) is 31.0. The highest BCUT2D eigenvalue weighted by Crippen LogP contribution is 2.57. The van der Waals surface area contributed by atoms with Gasteiger partial charge in [-0.25, -0.2) is 0 Å². The van der Waals surface area contributed by atoms with Gasteiger partial charge in [-0.05, 0) is 120 Å². The predicted molar refractivity (Wildman–Crippen MR) is 234 cm³/mol. The molecule has 0 amide bonds. The van der Waals surface area contributed by atoms with Gasteiger partial charge in [0, 0.05) is 22.1 Å². The molecule has 56 heavy (non-hydrogen) atoms. The first-order valence-corrected chi connectivity index (χ1v) is 19.3. The molecule has 260 valence electrons. The molecule has 0 spiro atoms. The van der Waals surface area contributed by atoms with Crippen molar-refractivity contribution in [1.29, 1.82) is 0 Å². The molecule has 12 rings (SSSR count). The molecule has 0 atom stereocenters. The Labute approximate surface area is 325 Å². The van der Waals surface area contributed by atoms with E-state index in [1.54, 1.807) is 0 Å². The van der Waals surface area contributed by atoms with Gasteiger partial charge in [0.25, 0.3) is 0 Å². The van der Waals surface area contributed by atoms with Crippen LogP contribution in [0.1, 0.15) is 0 Å². The van der Waals surface area contributed by atoms with Crippen molar-refractivity contribution >= 4 is 39.0 Å². The summed E-state index contributed by atoms with van der Waals surface area (Å²) >= 11 is 0. The number of anilines is 3. The van der Waals surface area contributed by atoms with Crippen molar-refractivity contribution in [1.82, 2.24) is 0 Å². The molecule has 9 aromatic carbocycles. The van der Waals surface area contributed by atoms with Gasteiger partial charge >= 0.3 is 0 Å². The first-order chi connectivity index (χ1) is 27.8. The van der Waals surface area contributed by atoms with Gasteiger partial charge in [0.1, 0.15) is 5.58 Å². The second-order valence-electron chi connectivity index (χ2n) is 14.8. The van der Waals surface area contributed by atoms with Gasteiger partial charge in [-0.2, -0.15) is 0 Å². The standard InChI is InChI=1S/C54H33NO/c1-2-11-34(12-3-1)35-23-28-38(29-24-35)55(50-21-10-20-48-42-14-6-7-22-51(42)56-54(48)50)39-30-25-36(26-31-39)37-27-32-41-45-17-9-18-46-47-19-8-16-44(53(47)49(41)33-37)40-13-4-5-15-43(40)52(45)46/h1-33H. The minimum Gasteiger partial charge on any atom is -0.454 e. The van der Waals surface area contributed by atoms with Gasteiger partial charge < -0.3 is 9.32 Å². The molecule has 0 N–H and O–H groups in total. The maximum absolute atomic E-state index is 6.61. The van der Waals surface area contributed by atoms with Gasteiger partial charge in [0.2, 0.25) is 0 Å². The minimum absolute atomic E-state index is 0.871. The summed E-state index contributed by atoms with van der Waals surface area (Å²) in [6.45, 7) is 0. The molecule has 0 fully saturated rings. The molecule has 2 aliphatic carbocycles. The van der Waals surface area contributed by atoms with Gasteiger partial charge in [-0.1, -0.05) is 158 Å². The molecule has 1 aromatic heterocycles. The summed E-state index contributed by atoms with van der Waals surface area (Å²) in [5, 5.41) is 2.23. The van der Waals surface area contributed by atoms with Gasteiger partial charge in [-0.3, -0.25) is 0 Å². The molecule has 0 radical (unpaired) electrons. The maximum atomic E-state index is 6.61. The van der Waals surface area contributed by atoms with Crippen molar-refractivity contribution in [2.24, 2.45) is 0 Å². The molecule has 1 heterocycles. The summed E-state index contributed by atoms with van der Waals surface area (Å²) in [5.74, 6) is 0. The largest absolute Gasteiger partial charge is 0.454 e. The zero-order valence-corrected chi connectivity index (χ0v) is 30.4. The SMILES string of the molecule is c1ccc(-c2ccc(N(c3ccc(-c4ccc5c(c4)-c4c6cccc4-c4cccc-5c4-c4ccccc4-6)cc3)c3cccc4c3oc3ccccc34)cc2)cc1. The Bertz CT molecular complexity index is 3150. The van der Waals surface area contributed by atoms with E-state index in [4.69, 9.17) is 4.42 Å². The molecule has 2 heteroatoms. The highest BCUT2D eigenvalue weighted by molar-refractivity contribution is 6.15. The van der Waals surface area contributed by atoms with Crippen LogP contribution in [0.15, 0.2) is 205 Å². The van der Waals surface area contributed by atoms with Crippen LogP contribution in [0.4, 0.5) is 17.1 Å². The lowest BCUT2D eigenvalue weighted by Gasteiger charge is -2.26. The molecular formula is C54H33NO. The summed E-state index contributed by atoms with van der Waals surface area (Å²) in [7, 11) is 0. The smallest absolute Gasteiger partial charge is 0.159 e. The Balaban J connectivity index is 0.998. The van der Waals surface area contributed by atoms with E-state index < -0.39 is 0 Å². The highest BCUT2D eigenvalue weighted by atomic mass is 16.3. The fourth-order valence-corrected chi connectivity index (χ4v) is 9.26. The predicted octanol–water partition coefficient (Wildman–Crippen LogP) is 15.4. The van der Waals surface area contributed by atoms with Crippen molar-refractivity contribution < 1.29 is 4.42 Å². The van der Waals surface area contributed by atoms with Gasteiger partial charge in [-0.15, -0.1) is 0 Å². The highest BCUT2D eigenvalue weighted by Gasteiger charge is 2.30. The van der Waals surface area contributed by atoms with E-state index in [9.17, 15) is 0 Å². The zero-order chi connectivity index (χ0) is 36.7. The van der Waals surface area contributed by atoms with Crippen LogP contribution in [-0.2, 0) is 0 Å². The molecule has 2 nitrogen and oxygen atoms in total. The Morgan fingerprint density at radius 3 is 1.50 bits per heavy atom. The van der Waals surface area contributed by atoms with Gasteiger partial charge in [0.05, 0.1) is 5.69 Å². The average molecular weight is 712 g/mol. The normalized spacial score (nSPS) is 11.9. The average Bonchev–Trinajstić information content (AvgIpc) is 3.61. The van der Waals surface area contributed by atoms with Crippen LogP contribution < -0.4 is 4.90 Å². The van der Waals surface area contributed by atoms with E-state index in [2.05, 4.69) is 193 Å². The number of furan rings is 1. The second-order valence-corrected chi connectivity index (χ2v) is 14.8. The fourth-order valence-electron chi connectivity index (χ4n) is 9.26.